The SMILES string of the molecule is COc1ccc(C(OCCCCCCNC(=O)c2ccc3c(c2)C(=O)c2cc(C(=O)NCCCCCCO)ccc2C3=O)(c2ccccc2)c2ccc(OC)cc2)cc1. The lowest BCUT2D eigenvalue weighted by molar-refractivity contribution is 0.0106. The third kappa shape index (κ3) is 9.96. The molecule has 6 rings (SSSR count). The molecule has 1 aliphatic carbocycles. The van der Waals surface area contributed by atoms with Gasteiger partial charge in [-0.15, -0.1) is 0 Å². The molecule has 3 N–H and O–H groups in total. The van der Waals surface area contributed by atoms with Gasteiger partial charge in [0.15, 0.2) is 11.6 Å². The van der Waals surface area contributed by atoms with E-state index in [0.717, 1.165) is 79.6 Å². The van der Waals surface area contributed by atoms with Crippen molar-refractivity contribution >= 4 is 23.4 Å². The molecule has 59 heavy (non-hydrogen) atoms. The lowest BCUT2D eigenvalue weighted by Crippen LogP contribution is -2.33. The fraction of sp³-hybridized carbons (Fsp3) is 0.306. The largest absolute Gasteiger partial charge is 0.497 e. The van der Waals surface area contributed by atoms with Gasteiger partial charge in [-0.25, -0.2) is 0 Å². The number of hydrogen-bond donors (Lipinski definition) is 3. The zero-order chi connectivity index (χ0) is 41.6. The number of amides is 2. The van der Waals surface area contributed by atoms with Gasteiger partial charge in [0.05, 0.1) is 14.2 Å². The predicted octanol–water partition coefficient (Wildman–Crippen LogP) is 8.06. The Morgan fingerprint density at radius 1 is 0.525 bits per heavy atom. The standard InChI is InChI=1S/C49H52N2O8/c1-57-39-22-18-37(19-23-39)49(36-14-8-7-9-15-36,38-20-24-40(58-2)25-21-38)59-31-13-6-4-11-29-51-48(56)35-17-27-42-44(33-35)46(54)43-32-34(16-26-41(43)45(42)53)47(55)50-28-10-3-5-12-30-52/h7-9,14-27,32-33,52H,3-6,10-13,28-31H2,1-2H3,(H,50,55)(H,51,56). The first kappa shape index (κ1) is 42.5. The summed E-state index contributed by atoms with van der Waals surface area (Å²) in [4.78, 5) is 53.0. The number of carbonyl (C=O) groups is 4. The van der Waals surface area contributed by atoms with Crippen molar-refractivity contribution in [2.24, 2.45) is 0 Å². The normalized spacial score (nSPS) is 12.1. The second kappa shape index (κ2) is 20.5. The van der Waals surface area contributed by atoms with Gasteiger partial charge in [0.2, 0.25) is 0 Å². The fourth-order valence-electron chi connectivity index (χ4n) is 7.51. The van der Waals surface area contributed by atoms with Crippen LogP contribution in [0.5, 0.6) is 11.5 Å². The quantitative estimate of drug-likeness (QED) is 0.0491. The molecule has 0 bridgehead atoms. The van der Waals surface area contributed by atoms with Crippen LogP contribution < -0.4 is 20.1 Å². The number of carbonyl (C=O) groups excluding carboxylic acids is 4. The Kier molecular flexibility index (Phi) is 14.8. The van der Waals surface area contributed by atoms with Crippen LogP contribution in [0.2, 0.25) is 0 Å². The van der Waals surface area contributed by atoms with Crippen molar-refractivity contribution in [1.29, 1.82) is 0 Å². The lowest BCUT2D eigenvalue weighted by Gasteiger charge is -2.36. The molecule has 0 unspecified atom stereocenters. The first-order valence-electron chi connectivity index (χ1n) is 20.3. The van der Waals surface area contributed by atoms with E-state index in [2.05, 4.69) is 22.8 Å². The summed E-state index contributed by atoms with van der Waals surface area (Å²) in [6, 6.07) is 35.2. The van der Waals surface area contributed by atoms with Gasteiger partial charge in [-0.05, 0) is 103 Å². The fourth-order valence-corrected chi connectivity index (χ4v) is 7.51. The van der Waals surface area contributed by atoms with E-state index in [0.29, 0.717) is 19.7 Å². The van der Waals surface area contributed by atoms with Crippen LogP contribution >= 0.6 is 0 Å². The summed E-state index contributed by atoms with van der Waals surface area (Å²) in [5.74, 6) is 0.127. The van der Waals surface area contributed by atoms with E-state index in [-0.39, 0.29) is 57.6 Å². The van der Waals surface area contributed by atoms with E-state index in [1.807, 2.05) is 66.7 Å². The smallest absolute Gasteiger partial charge is 0.251 e. The molecule has 0 saturated carbocycles. The van der Waals surface area contributed by atoms with Gasteiger partial charge >= 0.3 is 0 Å². The highest BCUT2D eigenvalue weighted by Crippen LogP contribution is 2.42. The van der Waals surface area contributed by atoms with Gasteiger partial charge in [-0.2, -0.15) is 0 Å². The Hall–Kier alpha value is -6.10. The lowest BCUT2D eigenvalue weighted by atomic mass is 9.80. The third-order valence-electron chi connectivity index (χ3n) is 10.8. The number of rotatable bonds is 21. The summed E-state index contributed by atoms with van der Waals surface area (Å²) >= 11 is 0. The van der Waals surface area contributed by atoms with E-state index >= 15 is 0 Å². The van der Waals surface area contributed by atoms with Gasteiger partial charge in [-0.1, -0.05) is 80.3 Å². The van der Waals surface area contributed by atoms with Crippen molar-refractivity contribution in [1.82, 2.24) is 10.6 Å². The van der Waals surface area contributed by atoms with Crippen LogP contribution in [0.3, 0.4) is 0 Å². The predicted molar refractivity (Wildman–Crippen MR) is 227 cm³/mol. The Morgan fingerprint density at radius 2 is 0.966 bits per heavy atom. The third-order valence-corrected chi connectivity index (χ3v) is 10.8. The summed E-state index contributed by atoms with van der Waals surface area (Å²) in [5.41, 5.74) is 3.39. The maximum absolute atomic E-state index is 13.6. The minimum Gasteiger partial charge on any atom is -0.497 e. The molecule has 10 nitrogen and oxygen atoms in total. The zero-order valence-electron chi connectivity index (χ0n) is 33.8. The van der Waals surface area contributed by atoms with E-state index in [4.69, 9.17) is 19.3 Å². The molecule has 0 radical (unpaired) electrons. The Labute approximate surface area is 345 Å². The highest BCUT2D eigenvalue weighted by atomic mass is 16.5. The number of nitrogens with one attached hydrogen (secondary N) is 2. The molecule has 0 fully saturated rings. The van der Waals surface area contributed by atoms with Crippen LogP contribution in [-0.4, -0.2) is 69.0 Å². The number of fused-ring (bicyclic) bond motifs is 2. The summed E-state index contributed by atoms with van der Waals surface area (Å²) < 4.78 is 17.8. The number of ether oxygens (including phenoxy) is 3. The molecule has 0 atom stereocenters. The monoisotopic (exact) mass is 796 g/mol. The molecule has 2 amide bonds. The molecule has 0 heterocycles. The van der Waals surface area contributed by atoms with Crippen molar-refractivity contribution in [2.75, 3.05) is 40.5 Å². The molecule has 10 heteroatoms. The second-order valence-electron chi connectivity index (χ2n) is 14.6. The Balaban J connectivity index is 1.03. The van der Waals surface area contributed by atoms with Gasteiger partial charge in [0.1, 0.15) is 17.1 Å². The van der Waals surface area contributed by atoms with Crippen LogP contribution in [0.25, 0.3) is 0 Å². The minimum atomic E-state index is -0.880. The van der Waals surface area contributed by atoms with Crippen LogP contribution in [0, 0.1) is 0 Å². The molecule has 0 aromatic heterocycles. The molecule has 5 aromatic carbocycles. The zero-order valence-corrected chi connectivity index (χ0v) is 33.8. The summed E-state index contributed by atoms with van der Waals surface area (Å²) in [7, 11) is 3.30. The van der Waals surface area contributed by atoms with Crippen LogP contribution in [0.1, 0.15) is 121 Å². The summed E-state index contributed by atoms with van der Waals surface area (Å²) in [6.07, 6.45) is 6.56. The Bertz CT molecular complexity index is 2170. The Morgan fingerprint density at radius 3 is 1.44 bits per heavy atom. The first-order chi connectivity index (χ1) is 28.8. The van der Waals surface area contributed by atoms with Crippen molar-refractivity contribution < 1.29 is 38.5 Å². The van der Waals surface area contributed by atoms with Crippen molar-refractivity contribution in [3.63, 3.8) is 0 Å². The number of ketones is 2. The molecule has 5 aromatic rings. The van der Waals surface area contributed by atoms with Crippen LogP contribution in [0.15, 0.2) is 115 Å². The molecule has 0 saturated heterocycles. The number of methoxy groups -OCH3 is 2. The molecule has 0 spiro atoms. The first-order valence-corrected chi connectivity index (χ1v) is 20.3. The molecule has 1 aliphatic rings. The maximum Gasteiger partial charge on any atom is 0.251 e. The summed E-state index contributed by atoms with van der Waals surface area (Å²) in [6.45, 7) is 1.55. The second-order valence-corrected chi connectivity index (χ2v) is 14.6. The number of aliphatic hydroxyl groups is 1. The maximum atomic E-state index is 13.6. The van der Waals surface area contributed by atoms with E-state index in [9.17, 15) is 19.2 Å². The molecule has 306 valence electrons. The number of hydrogen-bond acceptors (Lipinski definition) is 8. The molecular formula is C49H52N2O8. The van der Waals surface area contributed by atoms with Crippen molar-refractivity contribution in [2.45, 2.75) is 57.0 Å². The van der Waals surface area contributed by atoms with Crippen LogP contribution in [0.4, 0.5) is 0 Å². The van der Waals surface area contributed by atoms with E-state index in [1.165, 1.54) is 24.3 Å². The summed E-state index contributed by atoms with van der Waals surface area (Å²) in [5, 5.41) is 14.7. The number of benzene rings is 5. The number of aliphatic hydroxyl groups excluding tert-OH is 1. The topological polar surface area (TPSA) is 140 Å². The van der Waals surface area contributed by atoms with E-state index in [1.54, 1.807) is 26.4 Å². The molecule has 0 aliphatic heterocycles. The molecular weight excluding hydrogens is 745 g/mol. The average Bonchev–Trinajstić information content (AvgIpc) is 3.28. The van der Waals surface area contributed by atoms with Gasteiger partial charge in [0, 0.05) is 59.7 Å². The van der Waals surface area contributed by atoms with Gasteiger partial charge in [0.25, 0.3) is 11.8 Å². The van der Waals surface area contributed by atoms with Crippen LogP contribution in [-0.2, 0) is 10.3 Å². The number of unbranched alkanes of at least 4 members (excludes halogenated alkanes) is 6. The average molecular weight is 797 g/mol. The highest BCUT2D eigenvalue weighted by Gasteiger charge is 2.38. The van der Waals surface area contributed by atoms with Gasteiger partial charge < -0.3 is 30.0 Å². The van der Waals surface area contributed by atoms with Crippen molar-refractivity contribution in [3.8, 4) is 11.5 Å². The van der Waals surface area contributed by atoms with E-state index < -0.39 is 11.4 Å². The highest BCUT2D eigenvalue weighted by molar-refractivity contribution is 6.29. The van der Waals surface area contributed by atoms with Gasteiger partial charge in [-0.3, -0.25) is 19.2 Å². The minimum absolute atomic E-state index is 0.146. The van der Waals surface area contributed by atoms with Crippen molar-refractivity contribution in [3.05, 3.63) is 165 Å².